The van der Waals surface area contributed by atoms with E-state index in [9.17, 15) is 23.1 Å². The van der Waals surface area contributed by atoms with E-state index >= 15 is 0 Å². The zero-order valence-corrected chi connectivity index (χ0v) is 20.9. The highest BCUT2D eigenvalue weighted by Gasteiger charge is 2.23. The minimum Gasteiger partial charge on any atom is -0.496 e. The summed E-state index contributed by atoms with van der Waals surface area (Å²) < 4.78 is 51.7. The number of sulfone groups is 1. The Hall–Kier alpha value is -3.73. The van der Waals surface area contributed by atoms with Gasteiger partial charge in [0.15, 0.2) is 9.84 Å². The van der Waals surface area contributed by atoms with Crippen molar-refractivity contribution >= 4 is 27.9 Å². The summed E-state index contributed by atoms with van der Waals surface area (Å²) in [6.07, 6.45) is -0.261. The van der Waals surface area contributed by atoms with Gasteiger partial charge in [-0.15, -0.1) is 0 Å². The molecule has 0 bridgehead atoms. The summed E-state index contributed by atoms with van der Waals surface area (Å²) in [6, 6.07) is 7.81. The number of ether oxygens (including phenoxy) is 5. The molecule has 0 aliphatic heterocycles. The van der Waals surface area contributed by atoms with Gasteiger partial charge in [-0.25, -0.2) is 13.2 Å². The second-order valence-corrected chi connectivity index (χ2v) is 9.23. The van der Waals surface area contributed by atoms with Crippen molar-refractivity contribution in [3.8, 4) is 23.0 Å². The van der Waals surface area contributed by atoms with E-state index in [0.717, 1.165) is 12.3 Å². The molecule has 0 radical (unpaired) electrons. The lowest BCUT2D eigenvalue weighted by Crippen LogP contribution is -2.28. The molecule has 2 aromatic carbocycles. The first-order chi connectivity index (χ1) is 16.5. The van der Waals surface area contributed by atoms with Crippen molar-refractivity contribution in [2.24, 2.45) is 0 Å². The number of rotatable bonds is 12. The second-order valence-electron chi connectivity index (χ2n) is 7.34. The molecular formula is C24H28O10S. The molecular weight excluding hydrogens is 480 g/mol. The second kappa shape index (κ2) is 12.1. The van der Waals surface area contributed by atoms with Crippen LogP contribution in [-0.4, -0.2) is 60.0 Å². The molecule has 2 aromatic rings. The van der Waals surface area contributed by atoms with E-state index in [4.69, 9.17) is 23.7 Å². The van der Waals surface area contributed by atoms with E-state index in [2.05, 4.69) is 0 Å². The number of carbonyl (C=O) groups excluding carboxylic acids is 1. The molecule has 35 heavy (non-hydrogen) atoms. The molecule has 0 saturated heterocycles. The number of hydrogen-bond donors (Lipinski definition) is 1. The van der Waals surface area contributed by atoms with Crippen molar-refractivity contribution in [3.05, 3.63) is 52.4 Å². The van der Waals surface area contributed by atoms with E-state index in [1.165, 1.54) is 46.6 Å². The SMILES string of the molecule is COc1cc(OC)c(/C=C/S(=O)(=O)Cc2ccc(OC)c(CC(OC(C)=O)C(=O)O)c2)c(OC)c1. The lowest BCUT2D eigenvalue weighted by atomic mass is 10.0. The van der Waals surface area contributed by atoms with Gasteiger partial charge in [-0.05, 0) is 23.3 Å². The van der Waals surface area contributed by atoms with Gasteiger partial charge in [-0.3, -0.25) is 4.79 Å². The monoisotopic (exact) mass is 508 g/mol. The van der Waals surface area contributed by atoms with Crippen LogP contribution in [0.1, 0.15) is 23.6 Å². The Bertz CT molecular complexity index is 1180. The molecule has 0 aliphatic rings. The van der Waals surface area contributed by atoms with Crippen LogP contribution in [-0.2, 0) is 36.3 Å². The highest BCUT2D eigenvalue weighted by molar-refractivity contribution is 7.93. The summed E-state index contributed by atoms with van der Waals surface area (Å²) in [6.45, 7) is 1.11. The Morgan fingerprint density at radius 2 is 1.54 bits per heavy atom. The first-order valence-corrected chi connectivity index (χ1v) is 12.0. The summed E-state index contributed by atoms with van der Waals surface area (Å²) in [7, 11) is 2.01. The first kappa shape index (κ1) is 27.5. The Morgan fingerprint density at radius 3 is 2.03 bits per heavy atom. The van der Waals surface area contributed by atoms with E-state index < -0.39 is 27.9 Å². The minimum atomic E-state index is -3.76. The van der Waals surface area contributed by atoms with Crippen LogP contribution in [0.4, 0.5) is 0 Å². The van der Waals surface area contributed by atoms with Gasteiger partial charge in [0.05, 0.1) is 39.8 Å². The van der Waals surface area contributed by atoms with Crippen LogP contribution >= 0.6 is 0 Å². The Balaban J connectivity index is 2.34. The van der Waals surface area contributed by atoms with Crippen LogP contribution in [0, 0.1) is 0 Å². The van der Waals surface area contributed by atoms with Crippen LogP contribution < -0.4 is 18.9 Å². The largest absolute Gasteiger partial charge is 0.496 e. The fraction of sp³-hybridized carbons (Fsp3) is 0.333. The third kappa shape index (κ3) is 7.64. The number of carboxylic acids is 1. The van der Waals surface area contributed by atoms with Gasteiger partial charge >= 0.3 is 11.9 Å². The molecule has 2 rings (SSSR count). The average Bonchev–Trinajstić information content (AvgIpc) is 2.81. The Morgan fingerprint density at radius 1 is 0.943 bits per heavy atom. The predicted octanol–water partition coefficient (Wildman–Crippen LogP) is 2.87. The summed E-state index contributed by atoms with van der Waals surface area (Å²) >= 11 is 0. The predicted molar refractivity (Wildman–Crippen MR) is 128 cm³/mol. The third-order valence-electron chi connectivity index (χ3n) is 4.90. The molecule has 1 atom stereocenters. The third-order valence-corrected chi connectivity index (χ3v) is 6.18. The number of hydrogen-bond acceptors (Lipinski definition) is 9. The van der Waals surface area contributed by atoms with Gasteiger partial charge in [0.2, 0.25) is 6.10 Å². The number of methoxy groups -OCH3 is 4. The molecule has 0 aromatic heterocycles. The van der Waals surface area contributed by atoms with Crippen LogP contribution in [0.3, 0.4) is 0 Å². The summed E-state index contributed by atoms with van der Waals surface area (Å²) in [5.74, 6) is -0.887. The van der Waals surface area contributed by atoms with Crippen LogP contribution in [0.2, 0.25) is 0 Å². The van der Waals surface area contributed by atoms with Gasteiger partial charge < -0.3 is 28.8 Å². The first-order valence-electron chi connectivity index (χ1n) is 10.3. The molecule has 0 heterocycles. The van der Waals surface area contributed by atoms with E-state index in [1.54, 1.807) is 18.2 Å². The molecule has 10 nitrogen and oxygen atoms in total. The number of carbonyl (C=O) groups is 2. The fourth-order valence-electron chi connectivity index (χ4n) is 3.31. The molecule has 190 valence electrons. The van der Waals surface area contributed by atoms with Crippen LogP contribution in [0.5, 0.6) is 23.0 Å². The molecule has 11 heteroatoms. The number of aliphatic carboxylic acids is 1. The van der Waals surface area contributed by atoms with Crippen molar-refractivity contribution in [3.63, 3.8) is 0 Å². The highest BCUT2D eigenvalue weighted by atomic mass is 32.2. The fourth-order valence-corrected chi connectivity index (χ4v) is 4.39. The standard InChI is InChI=1S/C24H28O10S/c1-15(25)34-23(24(26)27)11-17-10-16(6-7-20(17)31-3)14-35(28,29)9-8-19-21(32-4)12-18(30-2)13-22(19)33-5/h6-10,12-13,23H,11,14H2,1-5H3,(H,26,27)/b9-8+. The average molecular weight is 509 g/mol. The topological polar surface area (TPSA) is 135 Å². The molecule has 0 amide bonds. The van der Waals surface area contributed by atoms with Gasteiger partial charge in [0, 0.05) is 30.9 Å². The van der Waals surface area contributed by atoms with E-state index in [-0.39, 0.29) is 12.2 Å². The Kier molecular flexibility index (Phi) is 9.52. The lowest BCUT2D eigenvalue weighted by molar-refractivity contribution is -0.162. The van der Waals surface area contributed by atoms with Crippen LogP contribution in [0.25, 0.3) is 6.08 Å². The molecule has 0 aliphatic carbocycles. The summed E-state index contributed by atoms with van der Waals surface area (Å²) in [5, 5.41) is 10.4. The normalized spacial score (nSPS) is 12.1. The number of carboxylic acid groups (broad SMARTS) is 1. The molecule has 1 unspecified atom stereocenters. The molecule has 0 saturated carbocycles. The van der Waals surface area contributed by atoms with Crippen molar-refractivity contribution < 1.29 is 46.8 Å². The summed E-state index contributed by atoms with van der Waals surface area (Å²) in [5.41, 5.74) is 1.20. The smallest absolute Gasteiger partial charge is 0.345 e. The lowest BCUT2D eigenvalue weighted by Gasteiger charge is -2.16. The van der Waals surface area contributed by atoms with Gasteiger partial charge in [-0.2, -0.15) is 0 Å². The number of esters is 1. The number of benzene rings is 2. The van der Waals surface area contributed by atoms with Crippen LogP contribution in [0.15, 0.2) is 35.7 Å². The molecule has 1 N–H and O–H groups in total. The highest BCUT2D eigenvalue weighted by Crippen LogP contribution is 2.35. The maximum absolute atomic E-state index is 12.8. The molecule has 0 fully saturated rings. The zero-order chi connectivity index (χ0) is 26.2. The quantitative estimate of drug-likeness (QED) is 0.426. The van der Waals surface area contributed by atoms with E-state index in [0.29, 0.717) is 39.7 Å². The van der Waals surface area contributed by atoms with Gasteiger partial charge in [-0.1, -0.05) is 12.1 Å². The van der Waals surface area contributed by atoms with Crippen molar-refractivity contribution in [2.75, 3.05) is 28.4 Å². The van der Waals surface area contributed by atoms with E-state index in [1.807, 2.05) is 0 Å². The van der Waals surface area contributed by atoms with Crippen molar-refractivity contribution in [1.82, 2.24) is 0 Å². The maximum Gasteiger partial charge on any atom is 0.345 e. The van der Waals surface area contributed by atoms with Gasteiger partial charge in [0.25, 0.3) is 0 Å². The summed E-state index contributed by atoms with van der Waals surface area (Å²) in [4.78, 5) is 22.7. The zero-order valence-electron chi connectivity index (χ0n) is 20.1. The van der Waals surface area contributed by atoms with Crippen molar-refractivity contribution in [1.29, 1.82) is 0 Å². The van der Waals surface area contributed by atoms with Gasteiger partial charge in [0.1, 0.15) is 23.0 Å². The Labute approximate surface area is 203 Å². The minimum absolute atomic E-state index is 0.192. The van der Waals surface area contributed by atoms with Crippen molar-refractivity contribution in [2.45, 2.75) is 25.2 Å². The molecule has 0 spiro atoms. The maximum atomic E-state index is 12.8.